The van der Waals surface area contributed by atoms with Crippen molar-refractivity contribution in [2.45, 2.75) is 26.2 Å². The third-order valence-electron chi connectivity index (χ3n) is 1.64. The second kappa shape index (κ2) is 4.00. The van der Waals surface area contributed by atoms with Crippen molar-refractivity contribution in [1.82, 2.24) is 0 Å². The summed E-state index contributed by atoms with van der Waals surface area (Å²) in [6.45, 7) is 6.67. The van der Waals surface area contributed by atoms with Crippen molar-refractivity contribution in [2.75, 3.05) is 0 Å². The molecule has 0 aliphatic rings. The van der Waals surface area contributed by atoms with Gasteiger partial charge < -0.3 is 1.43 Å². The Labute approximate surface area is 82.7 Å². The fraction of sp³-hybridized carbons (Fsp3) is 0.400. The van der Waals surface area contributed by atoms with Crippen LogP contribution >= 0.6 is 0 Å². The molecule has 0 aromatic heterocycles. The molecule has 0 unspecified atom stereocenters. The molecule has 0 bridgehead atoms. The minimum absolute atomic E-state index is 0. The average molecular weight is 142 g/mol. The van der Waals surface area contributed by atoms with E-state index in [9.17, 15) is 0 Å². The van der Waals surface area contributed by atoms with Gasteiger partial charge in [0.1, 0.15) is 0 Å². The van der Waals surface area contributed by atoms with Crippen molar-refractivity contribution in [3.8, 4) is 0 Å². The van der Waals surface area contributed by atoms with E-state index in [2.05, 4.69) is 51.1 Å². The Hall–Kier alpha value is -0.183. The summed E-state index contributed by atoms with van der Waals surface area (Å²) in [5.74, 6) is 0. The molecule has 0 atom stereocenters. The fourth-order valence-electron chi connectivity index (χ4n) is 0.938. The van der Waals surface area contributed by atoms with Crippen LogP contribution in [-0.4, -0.2) is 0 Å². The SMILES string of the molecule is CC(C)(C)c1ccccc1.[H-].[Li+]. The summed E-state index contributed by atoms with van der Waals surface area (Å²) in [6, 6.07) is 10.6. The van der Waals surface area contributed by atoms with Crippen molar-refractivity contribution in [3.63, 3.8) is 0 Å². The van der Waals surface area contributed by atoms with Crippen molar-refractivity contribution >= 4 is 0 Å². The second-order valence-electron chi connectivity index (χ2n) is 3.62. The summed E-state index contributed by atoms with van der Waals surface area (Å²) in [6.07, 6.45) is 0. The zero-order valence-corrected chi connectivity index (χ0v) is 7.89. The van der Waals surface area contributed by atoms with Crippen LogP contribution in [0.1, 0.15) is 27.8 Å². The van der Waals surface area contributed by atoms with Crippen molar-refractivity contribution in [2.24, 2.45) is 0 Å². The Bertz CT molecular complexity index is 201. The number of hydrogen-bond acceptors (Lipinski definition) is 0. The van der Waals surface area contributed by atoms with Crippen LogP contribution in [0.5, 0.6) is 0 Å². The van der Waals surface area contributed by atoms with E-state index in [-0.39, 0.29) is 20.3 Å². The summed E-state index contributed by atoms with van der Waals surface area (Å²) in [5.41, 5.74) is 1.69. The molecule has 1 aromatic rings. The van der Waals surface area contributed by atoms with Crippen molar-refractivity contribution in [3.05, 3.63) is 35.9 Å². The summed E-state index contributed by atoms with van der Waals surface area (Å²) in [7, 11) is 0. The predicted octanol–water partition coefficient (Wildman–Crippen LogP) is 0.101. The fourth-order valence-corrected chi connectivity index (χ4v) is 0.938. The van der Waals surface area contributed by atoms with Gasteiger partial charge in [0.05, 0.1) is 0 Å². The molecule has 0 aliphatic heterocycles. The molecule has 0 heterocycles. The molecule has 56 valence electrons. The third-order valence-corrected chi connectivity index (χ3v) is 1.64. The molecule has 0 saturated carbocycles. The normalized spacial score (nSPS) is 10.5. The molecule has 1 heteroatoms. The Balaban J connectivity index is 0. The predicted molar refractivity (Wildman–Crippen MR) is 46.3 cm³/mol. The van der Waals surface area contributed by atoms with Gasteiger partial charge in [0.25, 0.3) is 0 Å². The van der Waals surface area contributed by atoms with Crippen molar-refractivity contribution < 1.29 is 20.3 Å². The van der Waals surface area contributed by atoms with Crippen LogP contribution in [0.15, 0.2) is 30.3 Å². The minimum Gasteiger partial charge on any atom is -1.00 e. The molecule has 11 heavy (non-hydrogen) atoms. The molecule has 0 saturated heterocycles. The molecule has 0 N–H and O–H groups in total. The standard InChI is InChI=1S/C10H14.Li.H/c1-10(2,3)9-7-5-4-6-8-9;;/h4-8H,1-3H3;;/q;+1;-1. The topological polar surface area (TPSA) is 0 Å². The van der Waals surface area contributed by atoms with E-state index in [0.717, 1.165) is 0 Å². The van der Waals surface area contributed by atoms with Gasteiger partial charge in [-0.25, -0.2) is 0 Å². The zero-order valence-electron chi connectivity index (χ0n) is 8.89. The average Bonchev–Trinajstić information content (AvgIpc) is 1.88. The maximum atomic E-state index is 2.22. The van der Waals surface area contributed by atoms with Crippen LogP contribution in [0.25, 0.3) is 0 Å². The van der Waals surface area contributed by atoms with Gasteiger partial charge >= 0.3 is 18.9 Å². The molecule has 0 amide bonds. The van der Waals surface area contributed by atoms with Crippen LogP contribution in [-0.2, 0) is 5.41 Å². The molecular formula is C10H15Li. The minimum atomic E-state index is 0. The van der Waals surface area contributed by atoms with E-state index in [1.54, 1.807) is 0 Å². The second-order valence-corrected chi connectivity index (χ2v) is 3.62. The maximum Gasteiger partial charge on any atom is 1.00 e. The van der Waals surface area contributed by atoms with Gasteiger partial charge in [0.15, 0.2) is 0 Å². The van der Waals surface area contributed by atoms with Crippen LogP contribution in [0.2, 0.25) is 0 Å². The maximum absolute atomic E-state index is 2.22. The summed E-state index contributed by atoms with van der Waals surface area (Å²) < 4.78 is 0. The van der Waals surface area contributed by atoms with E-state index in [4.69, 9.17) is 0 Å². The Morgan fingerprint density at radius 2 is 1.45 bits per heavy atom. The summed E-state index contributed by atoms with van der Waals surface area (Å²) >= 11 is 0. The molecule has 0 radical (unpaired) electrons. The van der Waals surface area contributed by atoms with Gasteiger partial charge in [-0.05, 0) is 11.0 Å². The number of hydrogen-bond donors (Lipinski definition) is 0. The van der Waals surface area contributed by atoms with E-state index in [0.29, 0.717) is 5.41 Å². The van der Waals surface area contributed by atoms with E-state index >= 15 is 0 Å². The van der Waals surface area contributed by atoms with E-state index in [1.807, 2.05) is 0 Å². The van der Waals surface area contributed by atoms with Gasteiger partial charge in [-0.3, -0.25) is 0 Å². The molecule has 1 rings (SSSR count). The van der Waals surface area contributed by atoms with Gasteiger partial charge in [-0.2, -0.15) is 0 Å². The first-order valence-corrected chi connectivity index (χ1v) is 3.66. The Morgan fingerprint density at radius 3 is 1.73 bits per heavy atom. The van der Waals surface area contributed by atoms with E-state index in [1.165, 1.54) is 5.56 Å². The van der Waals surface area contributed by atoms with Crippen molar-refractivity contribution in [1.29, 1.82) is 0 Å². The van der Waals surface area contributed by atoms with E-state index < -0.39 is 0 Å². The molecular weight excluding hydrogens is 127 g/mol. The van der Waals surface area contributed by atoms with Crippen LogP contribution in [0.3, 0.4) is 0 Å². The smallest absolute Gasteiger partial charge is 1.00 e. The first-order valence-electron chi connectivity index (χ1n) is 3.66. The Kier molecular flexibility index (Phi) is 3.93. The largest absolute Gasteiger partial charge is 1.00 e. The summed E-state index contributed by atoms with van der Waals surface area (Å²) in [4.78, 5) is 0. The molecule has 0 spiro atoms. The third kappa shape index (κ3) is 3.14. The Morgan fingerprint density at radius 1 is 1.00 bits per heavy atom. The van der Waals surface area contributed by atoms with Crippen LogP contribution in [0, 0.1) is 0 Å². The molecule has 0 nitrogen and oxygen atoms in total. The first-order chi connectivity index (χ1) is 4.61. The summed E-state index contributed by atoms with van der Waals surface area (Å²) in [5, 5.41) is 0. The first kappa shape index (κ1) is 10.8. The monoisotopic (exact) mass is 142 g/mol. The van der Waals surface area contributed by atoms with Crippen LogP contribution in [0.4, 0.5) is 0 Å². The number of rotatable bonds is 0. The van der Waals surface area contributed by atoms with Crippen LogP contribution < -0.4 is 18.9 Å². The molecule has 0 fully saturated rings. The quantitative estimate of drug-likeness (QED) is 0.451. The van der Waals surface area contributed by atoms with Gasteiger partial charge in [-0.1, -0.05) is 51.1 Å². The van der Waals surface area contributed by atoms with Gasteiger partial charge in [0, 0.05) is 0 Å². The molecule has 0 aliphatic carbocycles. The number of benzene rings is 1. The zero-order chi connectivity index (χ0) is 7.61. The molecule has 1 aromatic carbocycles. The van der Waals surface area contributed by atoms with Gasteiger partial charge in [0.2, 0.25) is 0 Å². The van der Waals surface area contributed by atoms with Gasteiger partial charge in [-0.15, -0.1) is 0 Å².